The summed E-state index contributed by atoms with van der Waals surface area (Å²) in [4.78, 5) is 11.3. The molecule has 0 atom stereocenters. The standard InChI is InChI=1S/C13H20N4O2/c1-12(5-3-2-4-6-12)10-14-15-16-17(10)9-13(7-8-13)11(18)19/h2-9H2,1H3,(H,18,19). The zero-order chi connectivity index (χ0) is 13.5. The van der Waals surface area contributed by atoms with E-state index in [2.05, 4.69) is 22.4 Å². The summed E-state index contributed by atoms with van der Waals surface area (Å²) >= 11 is 0. The summed E-state index contributed by atoms with van der Waals surface area (Å²) in [5.74, 6) is 0.155. The van der Waals surface area contributed by atoms with E-state index in [0.717, 1.165) is 31.5 Å². The van der Waals surface area contributed by atoms with Crippen molar-refractivity contribution in [3.8, 4) is 0 Å². The molecule has 0 aliphatic heterocycles. The van der Waals surface area contributed by atoms with Crippen molar-refractivity contribution in [3.63, 3.8) is 0 Å². The minimum absolute atomic E-state index is 0.0103. The van der Waals surface area contributed by atoms with Crippen LogP contribution in [0.2, 0.25) is 0 Å². The summed E-state index contributed by atoms with van der Waals surface area (Å²) in [5, 5.41) is 21.3. The van der Waals surface area contributed by atoms with Gasteiger partial charge in [-0.25, -0.2) is 4.68 Å². The number of hydrogen-bond donors (Lipinski definition) is 1. The fraction of sp³-hybridized carbons (Fsp3) is 0.846. The Balaban J connectivity index is 1.84. The smallest absolute Gasteiger partial charge is 0.311 e. The van der Waals surface area contributed by atoms with Crippen LogP contribution < -0.4 is 0 Å². The lowest BCUT2D eigenvalue weighted by Crippen LogP contribution is -2.32. The van der Waals surface area contributed by atoms with Crippen molar-refractivity contribution in [2.45, 2.75) is 63.8 Å². The van der Waals surface area contributed by atoms with Crippen LogP contribution in [0.4, 0.5) is 0 Å². The highest BCUT2D eigenvalue weighted by molar-refractivity contribution is 5.77. The van der Waals surface area contributed by atoms with Gasteiger partial charge >= 0.3 is 5.97 Å². The van der Waals surface area contributed by atoms with Crippen LogP contribution in [0, 0.1) is 5.41 Å². The van der Waals surface area contributed by atoms with Crippen LogP contribution in [0.25, 0.3) is 0 Å². The molecule has 2 aliphatic carbocycles. The molecule has 1 aromatic rings. The molecule has 3 rings (SSSR count). The first-order valence-electron chi connectivity index (χ1n) is 7.06. The van der Waals surface area contributed by atoms with Gasteiger partial charge in [0.25, 0.3) is 0 Å². The average Bonchev–Trinajstić information content (AvgIpc) is 3.00. The Labute approximate surface area is 112 Å². The van der Waals surface area contributed by atoms with Crippen molar-refractivity contribution in [3.05, 3.63) is 5.82 Å². The van der Waals surface area contributed by atoms with E-state index in [1.54, 1.807) is 4.68 Å². The maximum absolute atomic E-state index is 11.3. The maximum atomic E-state index is 11.3. The third kappa shape index (κ3) is 2.13. The fourth-order valence-electron chi connectivity index (χ4n) is 3.18. The second kappa shape index (κ2) is 4.28. The van der Waals surface area contributed by atoms with E-state index in [-0.39, 0.29) is 5.41 Å². The molecule has 0 saturated heterocycles. The Kier molecular flexibility index (Phi) is 2.83. The number of carboxylic acid groups (broad SMARTS) is 1. The number of hydrogen-bond acceptors (Lipinski definition) is 4. The van der Waals surface area contributed by atoms with Crippen molar-refractivity contribution < 1.29 is 9.90 Å². The first kappa shape index (κ1) is 12.6. The molecule has 2 saturated carbocycles. The molecule has 0 amide bonds. The van der Waals surface area contributed by atoms with Gasteiger partial charge < -0.3 is 5.11 Å². The van der Waals surface area contributed by atoms with E-state index in [1.165, 1.54) is 19.3 Å². The Bertz CT molecular complexity index is 487. The Morgan fingerprint density at radius 3 is 2.53 bits per heavy atom. The third-order valence-electron chi connectivity index (χ3n) is 4.79. The lowest BCUT2D eigenvalue weighted by atomic mass is 9.75. The summed E-state index contributed by atoms with van der Waals surface area (Å²) in [7, 11) is 0. The molecule has 1 aromatic heterocycles. The molecule has 0 unspecified atom stereocenters. The van der Waals surface area contributed by atoms with Gasteiger partial charge in [-0.05, 0) is 36.1 Å². The van der Waals surface area contributed by atoms with E-state index in [0.29, 0.717) is 6.54 Å². The number of aromatic nitrogens is 4. The highest BCUT2D eigenvalue weighted by atomic mass is 16.4. The van der Waals surface area contributed by atoms with E-state index in [4.69, 9.17) is 0 Å². The summed E-state index contributed by atoms with van der Waals surface area (Å²) in [6.07, 6.45) is 7.33. The van der Waals surface area contributed by atoms with Crippen molar-refractivity contribution in [1.82, 2.24) is 20.2 Å². The van der Waals surface area contributed by atoms with E-state index >= 15 is 0 Å². The normalized spacial score (nSPS) is 24.1. The lowest BCUT2D eigenvalue weighted by molar-refractivity contribution is -0.144. The quantitative estimate of drug-likeness (QED) is 0.896. The molecule has 1 N–H and O–H groups in total. The number of rotatable bonds is 4. The lowest BCUT2D eigenvalue weighted by Gasteiger charge is -2.32. The predicted molar refractivity (Wildman–Crippen MR) is 67.6 cm³/mol. The molecule has 0 bridgehead atoms. The van der Waals surface area contributed by atoms with Crippen LogP contribution in [0.3, 0.4) is 0 Å². The number of tetrazole rings is 1. The van der Waals surface area contributed by atoms with Gasteiger partial charge in [0.05, 0.1) is 12.0 Å². The first-order chi connectivity index (χ1) is 9.06. The molecule has 6 heteroatoms. The highest BCUT2D eigenvalue weighted by Gasteiger charge is 2.51. The molecule has 0 radical (unpaired) electrons. The molecule has 0 aromatic carbocycles. The molecule has 104 valence electrons. The van der Waals surface area contributed by atoms with Crippen LogP contribution in [-0.4, -0.2) is 31.3 Å². The van der Waals surface area contributed by atoms with Crippen LogP contribution in [-0.2, 0) is 16.8 Å². The van der Waals surface area contributed by atoms with E-state index in [9.17, 15) is 9.90 Å². The third-order valence-corrected chi connectivity index (χ3v) is 4.79. The fourth-order valence-corrected chi connectivity index (χ4v) is 3.18. The van der Waals surface area contributed by atoms with Gasteiger partial charge in [0.2, 0.25) is 0 Å². The maximum Gasteiger partial charge on any atom is 0.311 e. The Morgan fingerprint density at radius 2 is 1.95 bits per heavy atom. The van der Waals surface area contributed by atoms with Gasteiger partial charge in [-0.1, -0.05) is 26.2 Å². The largest absolute Gasteiger partial charge is 0.481 e. The Morgan fingerprint density at radius 1 is 1.26 bits per heavy atom. The van der Waals surface area contributed by atoms with Gasteiger partial charge in [0, 0.05) is 5.41 Å². The number of nitrogens with zero attached hydrogens (tertiary/aromatic N) is 4. The minimum atomic E-state index is -0.720. The molecular formula is C13H20N4O2. The van der Waals surface area contributed by atoms with Crippen molar-refractivity contribution >= 4 is 5.97 Å². The van der Waals surface area contributed by atoms with Gasteiger partial charge in [-0.15, -0.1) is 5.10 Å². The predicted octanol–water partition coefficient (Wildman–Crippen LogP) is 1.76. The summed E-state index contributed by atoms with van der Waals surface area (Å²) in [6.45, 7) is 2.62. The minimum Gasteiger partial charge on any atom is -0.481 e. The van der Waals surface area contributed by atoms with Crippen molar-refractivity contribution in [2.24, 2.45) is 5.41 Å². The SMILES string of the molecule is CC1(c2nnnn2CC2(C(=O)O)CC2)CCCCC1. The summed E-state index contributed by atoms with van der Waals surface area (Å²) < 4.78 is 1.74. The van der Waals surface area contributed by atoms with E-state index in [1.807, 2.05) is 0 Å². The first-order valence-corrected chi connectivity index (χ1v) is 7.06. The van der Waals surface area contributed by atoms with Gasteiger partial charge in [-0.2, -0.15) is 0 Å². The Hall–Kier alpha value is -1.46. The second-order valence-corrected chi connectivity index (χ2v) is 6.37. The molecular weight excluding hydrogens is 244 g/mol. The summed E-state index contributed by atoms with van der Waals surface area (Å²) in [5.41, 5.74) is -0.606. The van der Waals surface area contributed by atoms with Gasteiger partial charge in [0.1, 0.15) is 0 Å². The van der Waals surface area contributed by atoms with Crippen LogP contribution in [0.5, 0.6) is 0 Å². The molecule has 19 heavy (non-hydrogen) atoms. The highest BCUT2D eigenvalue weighted by Crippen LogP contribution is 2.48. The molecule has 2 aliphatic rings. The molecule has 0 spiro atoms. The topological polar surface area (TPSA) is 80.9 Å². The monoisotopic (exact) mass is 264 g/mol. The van der Waals surface area contributed by atoms with Crippen LogP contribution in [0.1, 0.15) is 57.7 Å². The number of carboxylic acids is 1. The van der Waals surface area contributed by atoms with E-state index < -0.39 is 11.4 Å². The second-order valence-electron chi connectivity index (χ2n) is 6.37. The zero-order valence-corrected chi connectivity index (χ0v) is 11.3. The average molecular weight is 264 g/mol. The van der Waals surface area contributed by atoms with Gasteiger partial charge in [0.15, 0.2) is 5.82 Å². The molecule has 2 fully saturated rings. The number of aliphatic carboxylic acids is 1. The molecule has 6 nitrogen and oxygen atoms in total. The van der Waals surface area contributed by atoms with Crippen molar-refractivity contribution in [1.29, 1.82) is 0 Å². The zero-order valence-electron chi connectivity index (χ0n) is 11.3. The van der Waals surface area contributed by atoms with Crippen LogP contribution in [0.15, 0.2) is 0 Å². The summed E-state index contributed by atoms with van der Waals surface area (Å²) in [6, 6.07) is 0. The van der Waals surface area contributed by atoms with Gasteiger partial charge in [-0.3, -0.25) is 4.79 Å². The molecule has 1 heterocycles. The van der Waals surface area contributed by atoms with Crippen molar-refractivity contribution in [2.75, 3.05) is 0 Å². The number of carbonyl (C=O) groups is 1. The van der Waals surface area contributed by atoms with Crippen LogP contribution >= 0.6 is 0 Å².